The molecule has 2 aromatic carbocycles. The predicted octanol–water partition coefficient (Wildman–Crippen LogP) is 5.06. The van der Waals surface area contributed by atoms with Crippen molar-refractivity contribution in [1.82, 2.24) is 14.8 Å². The van der Waals surface area contributed by atoms with Crippen LogP contribution >= 0.6 is 27.5 Å². The third-order valence-electron chi connectivity index (χ3n) is 3.94. The zero-order valence-corrected chi connectivity index (χ0v) is 15.2. The Labute approximate surface area is 153 Å². The Morgan fingerprint density at radius 3 is 2.50 bits per heavy atom. The number of benzene rings is 2. The highest BCUT2D eigenvalue weighted by molar-refractivity contribution is 9.10. The van der Waals surface area contributed by atoms with Crippen LogP contribution in [0.2, 0.25) is 5.02 Å². The molecule has 120 valence electrons. The average Bonchev–Trinajstić information content (AvgIpc) is 2.95. The van der Waals surface area contributed by atoms with E-state index in [0.29, 0.717) is 0 Å². The lowest BCUT2D eigenvalue weighted by atomic mass is 10.0. The Morgan fingerprint density at radius 1 is 1.08 bits per heavy atom. The van der Waals surface area contributed by atoms with E-state index in [1.54, 1.807) is 0 Å². The molecule has 0 amide bonds. The van der Waals surface area contributed by atoms with Gasteiger partial charge in [-0.3, -0.25) is 0 Å². The van der Waals surface area contributed by atoms with Gasteiger partial charge in [-0.05, 0) is 48.4 Å². The molecule has 0 aliphatic carbocycles. The van der Waals surface area contributed by atoms with Crippen LogP contribution in [-0.2, 0) is 0 Å². The van der Waals surface area contributed by atoms with Crippen LogP contribution in [0, 0.1) is 6.92 Å². The van der Waals surface area contributed by atoms with E-state index < -0.39 is 0 Å². The fraction of sp³-hybridized carbons (Fsp3) is 0.111. The molecule has 0 fully saturated rings. The maximum atomic E-state index is 6.00. The van der Waals surface area contributed by atoms with Gasteiger partial charge in [-0.15, -0.1) is 0 Å². The van der Waals surface area contributed by atoms with Gasteiger partial charge in [0.05, 0.1) is 0 Å². The van der Waals surface area contributed by atoms with Crippen molar-refractivity contribution in [1.29, 1.82) is 0 Å². The van der Waals surface area contributed by atoms with Crippen LogP contribution in [-0.4, -0.2) is 14.8 Å². The molecule has 4 rings (SSSR count). The molecule has 1 atom stereocenters. The largest absolute Gasteiger partial charge is 0.324 e. The smallest absolute Gasteiger partial charge is 0.226 e. The Hall–Kier alpha value is -2.11. The van der Waals surface area contributed by atoms with Crippen LogP contribution in [0.15, 0.2) is 59.1 Å². The van der Waals surface area contributed by atoms with E-state index in [1.165, 1.54) is 0 Å². The SMILES string of the molecule is Cc1nc2n(n1)C(c1ccc(Br)cc1)C=C(c1ccc(Cl)cc1)N2. The van der Waals surface area contributed by atoms with Crippen molar-refractivity contribution < 1.29 is 0 Å². The third-order valence-corrected chi connectivity index (χ3v) is 4.72. The summed E-state index contributed by atoms with van der Waals surface area (Å²) in [4.78, 5) is 4.50. The molecule has 0 spiro atoms. The number of rotatable bonds is 2. The van der Waals surface area contributed by atoms with Gasteiger partial charge in [0.1, 0.15) is 11.9 Å². The number of aromatic nitrogens is 3. The number of aryl methyl sites for hydroxylation is 1. The second-order valence-corrected chi connectivity index (χ2v) is 6.99. The number of anilines is 1. The minimum atomic E-state index is -0.0128. The molecule has 1 aliphatic heterocycles. The summed E-state index contributed by atoms with van der Waals surface area (Å²) in [6, 6.07) is 16.0. The van der Waals surface area contributed by atoms with Crippen molar-refractivity contribution in [3.63, 3.8) is 0 Å². The molecule has 0 saturated carbocycles. The van der Waals surface area contributed by atoms with Crippen LogP contribution in [0.3, 0.4) is 0 Å². The van der Waals surface area contributed by atoms with Gasteiger partial charge in [0, 0.05) is 15.2 Å². The standard InChI is InChI=1S/C18H14BrClN4/c1-11-21-18-22-16(12-4-8-15(20)9-5-12)10-17(24(18)23-11)13-2-6-14(19)7-3-13/h2-10,17H,1H3,(H,21,22,23). The maximum Gasteiger partial charge on any atom is 0.226 e. The van der Waals surface area contributed by atoms with Gasteiger partial charge in [-0.1, -0.05) is 51.8 Å². The van der Waals surface area contributed by atoms with E-state index in [-0.39, 0.29) is 6.04 Å². The first kappa shape index (κ1) is 15.4. The van der Waals surface area contributed by atoms with E-state index >= 15 is 0 Å². The Kier molecular flexibility index (Phi) is 3.90. The average molecular weight is 402 g/mol. The predicted molar refractivity (Wildman–Crippen MR) is 100 cm³/mol. The van der Waals surface area contributed by atoms with Gasteiger partial charge in [-0.2, -0.15) is 10.1 Å². The Balaban J connectivity index is 1.82. The van der Waals surface area contributed by atoms with E-state index in [1.807, 2.05) is 48.0 Å². The summed E-state index contributed by atoms with van der Waals surface area (Å²) in [7, 11) is 0. The molecule has 0 bridgehead atoms. The molecule has 3 aromatic rings. The minimum absolute atomic E-state index is 0.0128. The lowest BCUT2D eigenvalue weighted by molar-refractivity contribution is 0.607. The highest BCUT2D eigenvalue weighted by Gasteiger charge is 2.24. The number of fused-ring (bicyclic) bond motifs is 1. The van der Waals surface area contributed by atoms with Crippen molar-refractivity contribution in [2.75, 3.05) is 5.32 Å². The van der Waals surface area contributed by atoms with E-state index in [9.17, 15) is 0 Å². The molecule has 2 heterocycles. The second-order valence-electron chi connectivity index (χ2n) is 5.64. The number of hydrogen-bond acceptors (Lipinski definition) is 3. The quantitative estimate of drug-likeness (QED) is 0.653. The van der Waals surface area contributed by atoms with E-state index in [0.717, 1.165) is 38.1 Å². The van der Waals surface area contributed by atoms with Gasteiger partial charge >= 0.3 is 0 Å². The number of nitrogens with zero attached hydrogens (tertiary/aromatic N) is 3. The van der Waals surface area contributed by atoms with Crippen molar-refractivity contribution in [2.45, 2.75) is 13.0 Å². The fourth-order valence-corrected chi connectivity index (χ4v) is 3.19. The Morgan fingerprint density at radius 2 is 1.79 bits per heavy atom. The van der Waals surface area contributed by atoms with Crippen molar-refractivity contribution >= 4 is 39.2 Å². The van der Waals surface area contributed by atoms with Crippen LogP contribution in [0.1, 0.15) is 23.0 Å². The normalized spacial score (nSPS) is 16.3. The molecular formula is C18H14BrClN4. The summed E-state index contributed by atoms with van der Waals surface area (Å²) in [5, 5.41) is 8.62. The van der Waals surface area contributed by atoms with Crippen LogP contribution in [0.5, 0.6) is 0 Å². The van der Waals surface area contributed by atoms with E-state index in [4.69, 9.17) is 11.6 Å². The first-order valence-corrected chi connectivity index (χ1v) is 8.70. The third kappa shape index (κ3) is 2.85. The van der Waals surface area contributed by atoms with Gasteiger partial charge < -0.3 is 5.32 Å². The van der Waals surface area contributed by atoms with Gasteiger partial charge in [0.2, 0.25) is 5.95 Å². The summed E-state index contributed by atoms with van der Waals surface area (Å²) in [5.74, 6) is 1.48. The van der Waals surface area contributed by atoms with Gasteiger partial charge in [0.25, 0.3) is 0 Å². The monoisotopic (exact) mass is 400 g/mol. The zero-order chi connectivity index (χ0) is 16.7. The number of hydrogen-bond donors (Lipinski definition) is 1. The first-order valence-electron chi connectivity index (χ1n) is 7.53. The molecule has 6 heteroatoms. The summed E-state index contributed by atoms with van der Waals surface area (Å²) in [6.45, 7) is 1.90. The molecule has 4 nitrogen and oxygen atoms in total. The molecule has 0 radical (unpaired) electrons. The lowest BCUT2D eigenvalue weighted by Crippen LogP contribution is -2.20. The van der Waals surface area contributed by atoms with Crippen molar-refractivity contribution in [2.24, 2.45) is 0 Å². The summed E-state index contributed by atoms with van der Waals surface area (Å²) < 4.78 is 2.97. The maximum absolute atomic E-state index is 6.00. The summed E-state index contributed by atoms with van der Waals surface area (Å²) in [6.07, 6.45) is 2.16. The van der Waals surface area contributed by atoms with E-state index in [2.05, 4.69) is 49.5 Å². The lowest BCUT2D eigenvalue weighted by Gasteiger charge is -2.24. The van der Waals surface area contributed by atoms with Crippen LogP contribution in [0.4, 0.5) is 5.95 Å². The van der Waals surface area contributed by atoms with Crippen molar-refractivity contribution in [3.8, 4) is 0 Å². The van der Waals surface area contributed by atoms with Crippen molar-refractivity contribution in [3.05, 3.63) is 81.1 Å². The topological polar surface area (TPSA) is 42.7 Å². The minimum Gasteiger partial charge on any atom is -0.324 e. The number of allylic oxidation sites excluding steroid dienone is 1. The molecule has 1 unspecified atom stereocenters. The molecule has 1 N–H and O–H groups in total. The fourth-order valence-electron chi connectivity index (χ4n) is 2.80. The molecule has 1 aromatic heterocycles. The first-order chi connectivity index (χ1) is 11.6. The van der Waals surface area contributed by atoms with Crippen LogP contribution < -0.4 is 5.32 Å². The highest BCUT2D eigenvalue weighted by atomic mass is 79.9. The van der Waals surface area contributed by atoms with Gasteiger partial charge in [0.15, 0.2) is 0 Å². The molecule has 0 saturated heterocycles. The second kappa shape index (κ2) is 6.07. The highest BCUT2D eigenvalue weighted by Crippen LogP contribution is 2.33. The molecular weight excluding hydrogens is 388 g/mol. The molecule has 1 aliphatic rings. The van der Waals surface area contributed by atoms with Crippen LogP contribution in [0.25, 0.3) is 5.70 Å². The van der Waals surface area contributed by atoms with Gasteiger partial charge in [-0.25, -0.2) is 4.68 Å². The summed E-state index contributed by atoms with van der Waals surface area (Å²) in [5.41, 5.74) is 3.21. The molecule has 24 heavy (non-hydrogen) atoms. The zero-order valence-electron chi connectivity index (χ0n) is 12.9. The summed E-state index contributed by atoms with van der Waals surface area (Å²) >= 11 is 9.49. The number of nitrogens with one attached hydrogen (secondary N) is 1. The number of halogens is 2. The Bertz CT molecular complexity index is 913.